The molecule has 0 N–H and O–H groups in total. The maximum absolute atomic E-state index is 2.42. The minimum atomic E-state index is -0.151. The van der Waals surface area contributed by atoms with Crippen LogP contribution < -0.4 is 4.90 Å². The van der Waals surface area contributed by atoms with Crippen molar-refractivity contribution in [2.45, 2.75) is 19.3 Å². The van der Waals surface area contributed by atoms with Crippen LogP contribution in [0.1, 0.15) is 25.0 Å². The molecule has 0 radical (unpaired) electrons. The molecule has 0 spiro atoms. The lowest BCUT2D eigenvalue weighted by Gasteiger charge is -2.28. The van der Waals surface area contributed by atoms with Gasteiger partial charge in [0.2, 0.25) is 0 Å². The van der Waals surface area contributed by atoms with Gasteiger partial charge in [0, 0.05) is 22.5 Å². The van der Waals surface area contributed by atoms with E-state index in [0.29, 0.717) is 0 Å². The molecule has 0 aliphatic heterocycles. The van der Waals surface area contributed by atoms with Crippen molar-refractivity contribution in [3.63, 3.8) is 0 Å². The van der Waals surface area contributed by atoms with E-state index in [4.69, 9.17) is 0 Å². The largest absolute Gasteiger partial charge is 0.310 e. The van der Waals surface area contributed by atoms with Gasteiger partial charge in [0.15, 0.2) is 0 Å². The van der Waals surface area contributed by atoms with Gasteiger partial charge < -0.3 is 4.90 Å². The highest BCUT2D eigenvalue weighted by Gasteiger charge is 2.37. The lowest BCUT2D eigenvalue weighted by molar-refractivity contribution is 0.660. The van der Waals surface area contributed by atoms with Gasteiger partial charge >= 0.3 is 0 Å². The van der Waals surface area contributed by atoms with Crippen LogP contribution in [0, 0.1) is 0 Å². The lowest BCUT2D eigenvalue weighted by atomic mass is 9.81. The van der Waals surface area contributed by atoms with Crippen molar-refractivity contribution in [2.75, 3.05) is 4.90 Å². The zero-order valence-corrected chi connectivity index (χ0v) is 31.7. The van der Waals surface area contributed by atoms with Gasteiger partial charge in [-0.2, -0.15) is 0 Å². The van der Waals surface area contributed by atoms with E-state index in [-0.39, 0.29) is 5.41 Å². The molecule has 56 heavy (non-hydrogen) atoms. The number of hydrogen-bond acceptors (Lipinski definition) is 1. The summed E-state index contributed by atoms with van der Waals surface area (Å²) < 4.78 is 0. The molecule has 1 heteroatoms. The molecule has 1 nitrogen and oxygen atoms in total. The molecule has 0 unspecified atom stereocenters. The molecule has 0 heterocycles. The summed E-state index contributed by atoms with van der Waals surface area (Å²) >= 11 is 0. The fraction of sp³-hybridized carbons (Fsp3) is 0.0545. The number of nitrogens with zero attached hydrogens (tertiary/aromatic N) is 1. The third-order valence-electron chi connectivity index (χ3n) is 11.7. The predicted molar refractivity (Wildman–Crippen MR) is 238 cm³/mol. The molecule has 9 aromatic carbocycles. The lowest BCUT2D eigenvalue weighted by Crippen LogP contribution is -2.16. The van der Waals surface area contributed by atoms with Gasteiger partial charge in [-0.3, -0.25) is 0 Å². The summed E-state index contributed by atoms with van der Waals surface area (Å²) in [7, 11) is 0. The van der Waals surface area contributed by atoms with E-state index in [0.717, 1.165) is 17.1 Å². The van der Waals surface area contributed by atoms with Crippen LogP contribution in [0.25, 0.3) is 66.4 Å². The fourth-order valence-corrected chi connectivity index (χ4v) is 8.90. The van der Waals surface area contributed by atoms with Gasteiger partial charge in [-0.15, -0.1) is 0 Å². The summed E-state index contributed by atoms with van der Waals surface area (Å²) in [5, 5.41) is 2.49. The van der Waals surface area contributed by atoms with E-state index in [2.05, 4.69) is 231 Å². The molecule has 0 aromatic heterocycles. The zero-order valence-electron chi connectivity index (χ0n) is 31.7. The second-order valence-electron chi connectivity index (χ2n) is 15.3. The Balaban J connectivity index is 1.08. The number of fused-ring (bicyclic) bond motifs is 4. The molecule has 1 aliphatic rings. The van der Waals surface area contributed by atoms with Crippen LogP contribution in [-0.4, -0.2) is 0 Å². The molecule has 10 rings (SSSR count). The van der Waals surface area contributed by atoms with E-state index in [1.165, 1.54) is 77.5 Å². The minimum absolute atomic E-state index is 0.151. The normalized spacial score (nSPS) is 12.6. The third-order valence-corrected chi connectivity index (χ3v) is 11.7. The summed E-state index contributed by atoms with van der Waals surface area (Å²) in [6, 6.07) is 77.5. The molecule has 0 fully saturated rings. The molecule has 266 valence electrons. The van der Waals surface area contributed by atoms with Crippen molar-refractivity contribution in [3.8, 4) is 55.6 Å². The summed E-state index contributed by atoms with van der Waals surface area (Å²) in [5.41, 5.74) is 18.5. The summed E-state index contributed by atoms with van der Waals surface area (Å²) in [6.45, 7) is 4.74. The van der Waals surface area contributed by atoms with Gasteiger partial charge in [0.1, 0.15) is 0 Å². The highest BCUT2D eigenvalue weighted by Crippen LogP contribution is 2.53. The average Bonchev–Trinajstić information content (AvgIpc) is 3.50. The SMILES string of the molecule is CC1(C)c2cc(N(c3ccccc3)c3ccc(-c4ccc5ccccc5c4-c4cccc(-c5ccccc5)c4)cc3)ccc2-c2c(-c3ccccc3)cccc21. The first-order valence-electron chi connectivity index (χ1n) is 19.5. The highest BCUT2D eigenvalue weighted by atomic mass is 15.1. The Morgan fingerprint density at radius 3 is 1.64 bits per heavy atom. The van der Waals surface area contributed by atoms with Crippen LogP contribution in [0.15, 0.2) is 212 Å². The van der Waals surface area contributed by atoms with E-state index in [1.54, 1.807) is 0 Å². The fourth-order valence-electron chi connectivity index (χ4n) is 8.90. The summed E-state index contributed by atoms with van der Waals surface area (Å²) in [5.74, 6) is 0. The van der Waals surface area contributed by atoms with Crippen molar-refractivity contribution in [1.29, 1.82) is 0 Å². The Bertz CT molecular complexity index is 2850. The molecule has 0 bridgehead atoms. The second kappa shape index (κ2) is 13.7. The molecule has 9 aromatic rings. The standard InChI is InChI=1S/C55H41N/c1-55(2)51-27-15-26-48(39-18-8-4-9-19-39)54(51)50-35-33-46(37-52(50)55)56(44-23-10-5-11-24-44)45-31-28-41(29-32-45)49-34-30-40-20-12-13-25-47(40)53(49)43-22-14-21-42(36-43)38-16-6-3-7-17-38/h3-37H,1-2H3. The highest BCUT2D eigenvalue weighted by molar-refractivity contribution is 6.05. The maximum Gasteiger partial charge on any atom is 0.0465 e. The van der Waals surface area contributed by atoms with Crippen molar-refractivity contribution < 1.29 is 0 Å². The van der Waals surface area contributed by atoms with Crippen molar-refractivity contribution >= 4 is 27.8 Å². The number of para-hydroxylation sites is 1. The molecule has 1 aliphatic carbocycles. The molecule has 0 amide bonds. The van der Waals surface area contributed by atoms with Gasteiger partial charge in [0.05, 0.1) is 0 Å². The van der Waals surface area contributed by atoms with Gasteiger partial charge in [0.25, 0.3) is 0 Å². The van der Waals surface area contributed by atoms with Crippen LogP contribution in [0.2, 0.25) is 0 Å². The van der Waals surface area contributed by atoms with Crippen LogP contribution in [0.4, 0.5) is 17.1 Å². The molecular weight excluding hydrogens is 675 g/mol. The van der Waals surface area contributed by atoms with Crippen molar-refractivity contribution in [3.05, 3.63) is 223 Å². The first kappa shape index (κ1) is 33.6. The Morgan fingerprint density at radius 2 is 0.875 bits per heavy atom. The van der Waals surface area contributed by atoms with E-state index < -0.39 is 0 Å². The smallest absolute Gasteiger partial charge is 0.0465 e. The molecule has 0 atom stereocenters. The Labute approximate surface area is 329 Å². The van der Waals surface area contributed by atoms with Crippen molar-refractivity contribution in [2.24, 2.45) is 0 Å². The first-order valence-corrected chi connectivity index (χ1v) is 19.5. The Kier molecular flexibility index (Phi) is 8.23. The van der Waals surface area contributed by atoms with Crippen molar-refractivity contribution in [1.82, 2.24) is 0 Å². The van der Waals surface area contributed by atoms with Gasteiger partial charge in [-0.1, -0.05) is 184 Å². The predicted octanol–water partition coefficient (Wildman–Crippen LogP) is 15.3. The van der Waals surface area contributed by atoms with Gasteiger partial charge in [-0.25, -0.2) is 0 Å². The van der Waals surface area contributed by atoms with Crippen LogP contribution in [0.3, 0.4) is 0 Å². The third kappa shape index (κ3) is 5.72. The monoisotopic (exact) mass is 715 g/mol. The van der Waals surface area contributed by atoms with E-state index in [1.807, 2.05) is 0 Å². The van der Waals surface area contributed by atoms with E-state index in [9.17, 15) is 0 Å². The zero-order chi connectivity index (χ0) is 37.6. The number of rotatable bonds is 7. The van der Waals surface area contributed by atoms with E-state index >= 15 is 0 Å². The first-order chi connectivity index (χ1) is 27.5. The second-order valence-corrected chi connectivity index (χ2v) is 15.3. The molecule has 0 saturated heterocycles. The molecular formula is C55H41N. The minimum Gasteiger partial charge on any atom is -0.310 e. The topological polar surface area (TPSA) is 3.24 Å². The number of benzene rings is 9. The summed E-state index contributed by atoms with van der Waals surface area (Å²) in [4.78, 5) is 2.39. The maximum atomic E-state index is 2.42. The quantitative estimate of drug-likeness (QED) is 0.159. The Hall–Kier alpha value is -6.96. The van der Waals surface area contributed by atoms with Crippen LogP contribution in [-0.2, 0) is 5.41 Å². The summed E-state index contributed by atoms with van der Waals surface area (Å²) in [6.07, 6.45) is 0. The number of anilines is 3. The van der Waals surface area contributed by atoms with Gasteiger partial charge in [-0.05, 0) is 120 Å². The average molecular weight is 716 g/mol. The number of hydrogen-bond donors (Lipinski definition) is 0. The Morgan fingerprint density at radius 1 is 0.321 bits per heavy atom. The molecule has 0 saturated carbocycles. The van der Waals surface area contributed by atoms with Crippen LogP contribution >= 0.6 is 0 Å². The van der Waals surface area contributed by atoms with Crippen LogP contribution in [0.5, 0.6) is 0 Å².